The van der Waals surface area contributed by atoms with Crippen molar-refractivity contribution in [3.05, 3.63) is 35.1 Å². The summed E-state index contributed by atoms with van der Waals surface area (Å²) >= 11 is 0. The van der Waals surface area contributed by atoms with Crippen molar-refractivity contribution in [3.8, 4) is 0 Å². The van der Waals surface area contributed by atoms with Crippen LogP contribution in [0.3, 0.4) is 0 Å². The maximum absolute atomic E-state index is 13.6. The molecule has 0 fully saturated rings. The Hall–Kier alpha value is -1.87. The number of nitrogens with zero attached hydrogens (tertiary/aromatic N) is 1. The average Bonchev–Trinajstić information content (AvgIpc) is 2.58. The molecule has 1 heterocycles. The molecule has 1 aromatic rings. The molecule has 0 bridgehead atoms. The van der Waals surface area contributed by atoms with Crippen molar-refractivity contribution < 1.29 is 17.6 Å². The smallest absolute Gasteiger partial charge is 0.369 e. The van der Waals surface area contributed by atoms with Gasteiger partial charge in [-0.15, -0.1) is 0 Å². The minimum Gasteiger partial charge on any atom is -0.369 e. The molecule has 98 valence electrons. The van der Waals surface area contributed by atoms with Crippen LogP contribution in [0.15, 0.2) is 23.2 Å². The monoisotopic (exact) mass is 263 g/mol. The molecule has 0 amide bonds. The first-order chi connectivity index (χ1) is 8.22. The summed E-state index contributed by atoms with van der Waals surface area (Å²) in [5.41, 5.74) is 14.0. The van der Waals surface area contributed by atoms with Crippen molar-refractivity contribution >= 4 is 5.96 Å². The van der Waals surface area contributed by atoms with E-state index >= 15 is 0 Å². The van der Waals surface area contributed by atoms with Crippen molar-refractivity contribution in [1.29, 1.82) is 0 Å². The lowest BCUT2D eigenvalue weighted by Gasteiger charge is -2.22. The molecule has 0 saturated heterocycles. The van der Waals surface area contributed by atoms with Gasteiger partial charge >= 0.3 is 6.18 Å². The average molecular weight is 263 g/mol. The highest BCUT2D eigenvalue weighted by molar-refractivity contribution is 5.79. The Morgan fingerprint density at radius 1 is 1.28 bits per heavy atom. The minimum absolute atomic E-state index is 0.144. The standard InChI is InChI=1S/C9H9F4N5/c10-6-2-1-4(8(11,12)13)3-5(6)9(15)16-7(14)17-18-9/h1-3,18H,15H2,(H3,14,16,17). The molecule has 1 atom stereocenters. The Bertz CT molecular complexity index is 512. The van der Waals surface area contributed by atoms with Crippen LogP contribution < -0.4 is 22.3 Å². The van der Waals surface area contributed by atoms with Crippen molar-refractivity contribution in [2.75, 3.05) is 0 Å². The van der Waals surface area contributed by atoms with Crippen molar-refractivity contribution in [2.45, 2.75) is 12.0 Å². The van der Waals surface area contributed by atoms with Gasteiger partial charge in [0.05, 0.1) is 5.56 Å². The third-order valence-corrected chi connectivity index (χ3v) is 2.38. The van der Waals surface area contributed by atoms with Crippen LogP contribution in [-0.4, -0.2) is 5.96 Å². The maximum atomic E-state index is 13.6. The third-order valence-electron chi connectivity index (χ3n) is 2.38. The molecule has 9 heteroatoms. The number of hydrogen-bond donors (Lipinski definition) is 4. The second-order valence-corrected chi connectivity index (χ2v) is 3.71. The number of aliphatic imine (C=N–C) groups is 1. The molecule has 18 heavy (non-hydrogen) atoms. The van der Waals surface area contributed by atoms with Gasteiger partial charge in [-0.05, 0) is 18.2 Å². The first kappa shape index (κ1) is 12.6. The summed E-state index contributed by atoms with van der Waals surface area (Å²) in [4.78, 5) is 3.62. The second-order valence-electron chi connectivity index (χ2n) is 3.71. The van der Waals surface area contributed by atoms with Gasteiger partial charge in [-0.3, -0.25) is 11.2 Å². The van der Waals surface area contributed by atoms with Crippen LogP contribution >= 0.6 is 0 Å². The molecule has 1 aromatic carbocycles. The lowest BCUT2D eigenvalue weighted by molar-refractivity contribution is -0.137. The van der Waals surface area contributed by atoms with Gasteiger partial charge in [0, 0.05) is 5.56 Å². The van der Waals surface area contributed by atoms with Gasteiger partial charge in [0.2, 0.25) is 11.7 Å². The first-order valence-corrected chi connectivity index (χ1v) is 4.77. The molecule has 0 aromatic heterocycles. The fourth-order valence-corrected chi connectivity index (χ4v) is 1.53. The lowest BCUT2D eigenvalue weighted by Crippen LogP contribution is -2.51. The van der Waals surface area contributed by atoms with E-state index in [4.69, 9.17) is 11.5 Å². The quantitative estimate of drug-likeness (QED) is 0.550. The molecule has 1 unspecified atom stereocenters. The Morgan fingerprint density at radius 3 is 2.44 bits per heavy atom. The van der Waals surface area contributed by atoms with Gasteiger partial charge in [0.1, 0.15) is 5.82 Å². The van der Waals surface area contributed by atoms with E-state index in [0.717, 1.165) is 0 Å². The summed E-state index contributed by atoms with van der Waals surface area (Å²) in [5, 5.41) is 0. The number of nitrogens with one attached hydrogen (secondary N) is 2. The van der Waals surface area contributed by atoms with E-state index in [1.54, 1.807) is 0 Å². The molecule has 2 rings (SSSR count). The summed E-state index contributed by atoms with van der Waals surface area (Å²) < 4.78 is 51.1. The van der Waals surface area contributed by atoms with Gasteiger partial charge in [0.15, 0.2) is 0 Å². The minimum atomic E-state index is -4.60. The molecule has 5 nitrogen and oxygen atoms in total. The Labute approximate surface area is 98.8 Å². The Balaban J connectivity index is 2.51. The highest BCUT2D eigenvalue weighted by Crippen LogP contribution is 2.32. The van der Waals surface area contributed by atoms with E-state index in [9.17, 15) is 17.6 Å². The van der Waals surface area contributed by atoms with E-state index in [1.165, 1.54) is 0 Å². The van der Waals surface area contributed by atoms with Gasteiger partial charge < -0.3 is 5.73 Å². The Morgan fingerprint density at radius 2 is 1.94 bits per heavy atom. The van der Waals surface area contributed by atoms with Gasteiger partial charge in [-0.25, -0.2) is 9.38 Å². The van der Waals surface area contributed by atoms with Crippen LogP contribution in [0.4, 0.5) is 17.6 Å². The van der Waals surface area contributed by atoms with Crippen molar-refractivity contribution in [3.63, 3.8) is 0 Å². The predicted molar refractivity (Wildman–Crippen MR) is 55.2 cm³/mol. The van der Waals surface area contributed by atoms with Crippen LogP contribution in [0.25, 0.3) is 0 Å². The fraction of sp³-hybridized carbons (Fsp3) is 0.222. The van der Waals surface area contributed by atoms with Gasteiger partial charge in [0.25, 0.3) is 0 Å². The lowest BCUT2D eigenvalue weighted by atomic mass is 10.0. The van der Waals surface area contributed by atoms with E-state index < -0.39 is 28.9 Å². The van der Waals surface area contributed by atoms with Crippen molar-refractivity contribution in [2.24, 2.45) is 16.5 Å². The molecule has 0 aliphatic carbocycles. The maximum Gasteiger partial charge on any atom is 0.416 e. The zero-order chi connectivity index (χ0) is 13.6. The molecular weight excluding hydrogens is 254 g/mol. The zero-order valence-electron chi connectivity index (χ0n) is 8.85. The molecular formula is C9H9F4N5. The van der Waals surface area contributed by atoms with Gasteiger partial charge in [-0.2, -0.15) is 18.6 Å². The summed E-state index contributed by atoms with van der Waals surface area (Å²) in [6, 6.07) is 1.89. The summed E-state index contributed by atoms with van der Waals surface area (Å²) in [6.07, 6.45) is -4.60. The van der Waals surface area contributed by atoms with E-state index in [1.807, 2.05) is 0 Å². The molecule has 0 saturated carbocycles. The fourth-order valence-electron chi connectivity index (χ4n) is 1.53. The van der Waals surface area contributed by atoms with Crippen LogP contribution in [0, 0.1) is 5.82 Å². The third kappa shape index (κ3) is 2.09. The summed E-state index contributed by atoms with van der Waals surface area (Å²) in [6.45, 7) is 0. The first-order valence-electron chi connectivity index (χ1n) is 4.77. The SMILES string of the molecule is NC1=NC(N)(c2cc(C(F)(F)F)ccc2F)NN1. The number of hydrazine groups is 1. The summed E-state index contributed by atoms with van der Waals surface area (Å²) in [7, 11) is 0. The predicted octanol–water partition coefficient (Wildman–Crippen LogP) is 0.336. The molecule has 6 N–H and O–H groups in total. The van der Waals surface area contributed by atoms with Crippen LogP contribution in [0.5, 0.6) is 0 Å². The second kappa shape index (κ2) is 3.82. The number of rotatable bonds is 1. The molecule has 0 radical (unpaired) electrons. The molecule has 0 spiro atoms. The van der Waals surface area contributed by atoms with Crippen molar-refractivity contribution in [1.82, 2.24) is 10.9 Å². The number of benzene rings is 1. The van der Waals surface area contributed by atoms with E-state index in [2.05, 4.69) is 15.8 Å². The van der Waals surface area contributed by atoms with E-state index in [-0.39, 0.29) is 5.96 Å². The van der Waals surface area contributed by atoms with Gasteiger partial charge in [-0.1, -0.05) is 0 Å². The molecule has 1 aliphatic rings. The van der Waals surface area contributed by atoms with Crippen LogP contribution in [0.1, 0.15) is 11.1 Å². The zero-order valence-corrected chi connectivity index (χ0v) is 8.85. The molecule has 1 aliphatic heterocycles. The largest absolute Gasteiger partial charge is 0.416 e. The Kier molecular flexibility index (Phi) is 2.67. The number of halogens is 4. The van der Waals surface area contributed by atoms with E-state index in [0.29, 0.717) is 18.2 Å². The number of hydrogen-bond acceptors (Lipinski definition) is 5. The topological polar surface area (TPSA) is 88.5 Å². The highest BCUT2D eigenvalue weighted by atomic mass is 19.4. The normalized spacial score (nSPS) is 23.7. The highest BCUT2D eigenvalue weighted by Gasteiger charge is 2.38. The number of alkyl halides is 3. The summed E-state index contributed by atoms with van der Waals surface area (Å²) in [5.74, 6) is -2.93. The van der Waals surface area contributed by atoms with Crippen LogP contribution in [0.2, 0.25) is 0 Å². The number of nitrogens with two attached hydrogens (primary N) is 2. The van der Waals surface area contributed by atoms with Crippen LogP contribution in [-0.2, 0) is 12.0 Å². The number of guanidine groups is 1.